The molecule has 2 aliphatic rings. The summed E-state index contributed by atoms with van der Waals surface area (Å²) in [6.45, 7) is 29.7. The first-order valence-electron chi connectivity index (χ1n) is 22.8. The highest BCUT2D eigenvalue weighted by atomic mass is 14.9. The molecule has 6 rings (SSSR count). The van der Waals surface area contributed by atoms with Crippen molar-refractivity contribution in [2.45, 2.75) is 133 Å². The summed E-state index contributed by atoms with van der Waals surface area (Å²) in [7, 11) is 0. The van der Waals surface area contributed by atoms with Crippen molar-refractivity contribution in [2.75, 3.05) is 5.32 Å². The van der Waals surface area contributed by atoms with Gasteiger partial charge in [-0.15, -0.1) is 0 Å². The summed E-state index contributed by atoms with van der Waals surface area (Å²) >= 11 is 0. The monoisotopic (exact) mass is 804 g/mol. The SMILES string of the molecule is C/C=C(/CC)C1Cc2ccccc2C1CC.C=C(CCCC)Nc1ccc(/C=C/C(C)=C/C=C(\C)NC(=C)c2cccc3c2Cc2ccccc2-3)cc1.CC.CCC(C)N. The van der Waals surface area contributed by atoms with Gasteiger partial charge in [-0.05, 0) is 142 Å². The molecule has 2 aliphatic carbocycles. The number of unbranched alkanes of at least 4 members (excludes halogenated alkanes) is 1. The van der Waals surface area contributed by atoms with Gasteiger partial charge in [-0.25, -0.2) is 0 Å². The lowest BCUT2D eigenvalue weighted by atomic mass is 9.83. The van der Waals surface area contributed by atoms with E-state index in [0.29, 0.717) is 6.04 Å². The number of allylic oxidation sites excluding steroid dienone is 8. The van der Waals surface area contributed by atoms with Crippen LogP contribution in [0.5, 0.6) is 0 Å². The number of hydrogen-bond donors (Lipinski definition) is 3. The Hall–Kier alpha value is -5.12. The van der Waals surface area contributed by atoms with E-state index in [9.17, 15) is 0 Å². The Kier molecular flexibility index (Phi) is 21.5. The van der Waals surface area contributed by atoms with E-state index >= 15 is 0 Å². The van der Waals surface area contributed by atoms with E-state index in [1.807, 2.05) is 20.8 Å². The molecule has 0 aromatic heterocycles. The van der Waals surface area contributed by atoms with Crippen LogP contribution in [0.2, 0.25) is 0 Å². The van der Waals surface area contributed by atoms with Crippen molar-refractivity contribution in [1.82, 2.24) is 5.32 Å². The Morgan fingerprint density at radius 1 is 0.833 bits per heavy atom. The summed E-state index contributed by atoms with van der Waals surface area (Å²) in [6, 6.07) is 33.0. The van der Waals surface area contributed by atoms with Gasteiger partial charge < -0.3 is 16.4 Å². The van der Waals surface area contributed by atoms with Gasteiger partial charge >= 0.3 is 0 Å². The Labute approximate surface area is 366 Å². The van der Waals surface area contributed by atoms with Crippen LogP contribution in [0.4, 0.5) is 5.69 Å². The third-order valence-corrected chi connectivity index (χ3v) is 11.4. The van der Waals surface area contributed by atoms with Crippen molar-refractivity contribution >= 4 is 17.5 Å². The fraction of sp³-hybridized carbons (Fsp3) is 0.368. The molecule has 3 heteroatoms. The number of rotatable bonds is 15. The fourth-order valence-corrected chi connectivity index (χ4v) is 7.91. The molecule has 0 radical (unpaired) electrons. The predicted molar refractivity (Wildman–Crippen MR) is 268 cm³/mol. The van der Waals surface area contributed by atoms with Gasteiger partial charge in [-0.3, -0.25) is 0 Å². The molecule has 4 N–H and O–H groups in total. The van der Waals surface area contributed by atoms with Crippen molar-refractivity contribution in [3.8, 4) is 11.1 Å². The molecule has 0 amide bonds. The maximum absolute atomic E-state index is 5.29. The van der Waals surface area contributed by atoms with Gasteiger partial charge in [-0.1, -0.05) is 175 Å². The van der Waals surface area contributed by atoms with E-state index in [0.717, 1.165) is 53.9 Å². The minimum Gasteiger partial charge on any atom is -0.359 e. The van der Waals surface area contributed by atoms with Gasteiger partial charge in [0.15, 0.2) is 0 Å². The summed E-state index contributed by atoms with van der Waals surface area (Å²) in [6.07, 6.45) is 20.0. The largest absolute Gasteiger partial charge is 0.359 e. The minimum absolute atomic E-state index is 0.384. The van der Waals surface area contributed by atoms with Crippen molar-refractivity contribution in [2.24, 2.45) is 11.7 Å². The first kappa shape index (κ1) is 49.2. The predicted octanol–water partition coefficient (Wildman–Crippen LogP) is 16.0. The number of anilines is 1. The van der Waals surface area contributed by atoms with Gasteiger partial charge in [0.05, 0.1) is 0 Å². The van der Waals surface area contributed by atoms with Gasteiger partial charge in [0, 0.05) is 34.4 Å². The highest BCUT2D eigenvalue weighted by Crippen LogP contribution is 2.44. The molecule has 60 heavy (non-hydrogen) atoms. The smallest absolute Gasteiger partial charge is 0.0385 e. The van der Waals surface area contributed by atoms with Crippen molar-refractivity contribution < 1.29 is 0 Å². The normalized spacial score (nSPS) is 15.8. The molecular weight excluding hydrogens is 727 g/mol. The van der Waals surface area contributed by atoms with Crippen LogP contribution in [0.25, 0.3) is 22.9 Å². The molecular formula is C57H77N3. The van der Waals surface area contributed by atoms with E-state index in [-0.39, 0.29) is 0 Å². The van der Waals surface area contributed by atoms with E-state index in [4.69, 9.17) is 5.73 Å². The number of benzene rings is 4. The van der Waals surface area contributed by atoms with E-state index in [1.165, 1.54) is 71.1 Å². The van der Waals surface area contributed by atoms with E-state index < -0.39 is 0 Å². The lowest BCUT2D eigenvalue weighted by Gasteiger charge is -2.21. The zero-order chi connectivity index (χ0) is 44.0. The number of nitrogens with two attached hydrogens (primary N) is 1. The average molecular weight is 804 g/mol. The molecule has 0 aliphatic heterocycles. The van der Waals surface area contributed by atoms with Crippen LogP contribution in [0.1, 0.15) is 147 Å². The maximum atomic E-state index is 5.29. The van der Waals surface area contributed by atoms with Crippen LogP contribution < -0.4 is 16.4 Å². The average Bonchev–Trinajstić information content (AvgIpc) is 3.84. The van der Waals surface area contributed by atoms with Crippen LogP contribution in [0.3, 0.4) is 0 Å². The quantitative estimate of drug-likeness (QED) is 0.0730. The van der Waals surface area contributed by atoms with Gasteiger partial charge in [-0.2, -0.15) is 0 Å². The highest BCUT2D eigenvalue weighted by molar-refractivity contribution is 5.83. The molecule has 0 spiro atoms. The lowest BCUT2D eigenvalue weighted by Crippen LogP contribution is -2.11. The molecule has 3 unspecified atom stereocenters. The van der Waals surface area contributed by atoms with E-state index in [2.05, 4.69) is 194 Å². The van der Waals surface area contributed by atoms with Crippen molar-refractivity contribution in [3.63, 3.8) is 0 Å². The number of nitrogens with one attached hydrogen (secondary N) is 2. The summed E-state index contributed by atoms with van der Waals surface area (Å²) < 4.78 is 0. The second-order valence-electron chi connectivity index (χ2n) is 15.9. The molecule has 0 fully saturated rings. The van der Waals surface area contributed by atoms with Crippen LogP contribution >= 0.6 is 0 Å². The molecule has 3 atom stereocenters. The van der Waals surface area contributed by atoms with E-state index in [1.54, 1.807) is 16.7 Å². The third kappa shape index (κ3) is 14.6. The summed E-state index contributed by atoms with van der Waals surface area (Å²) in [5.41, 5.74) is 23.2. The van der Waals surface area contributed by atoms with Crippen molar-refractivity contribution in [3.05, 3.63) is 184 Å². The van der Waals surface area contributed by atoms with Crippen molar-refractivity contribution in [1.29, 1.82) is 0 Å². The van der Waals surface area contributed by atoms with Crippen LogP contribution in [-0.2, 0) is 12.8 Å². The maximum Gasteiger partial charge on any atom is 0.0385 e. The number of fused-ring (bicyclic) bond motifs is 4. The first-order valence-corrected chi connectivity index (χ1v) is 22.8. The van der Waals surface area contributed by atoms with Gasteiger partial charge in [0.1, 0.15) is 0 Å². The Balaban J connectivity index is 0.000000343. The van der Waals surface area contributed by atoms with Gasteiger partial charge in [0.25, 0.3) is 0 Å². The summed E-state index contributed by atoms with van der Waals surface area (Å²) in [4.78, 5) is 0. The third-order valence-electron chi connectivity index (χ3n) is 11.4. The fourth-order valence-electron chi connectivity index (χ4n) is 7.91. The first-order chi connectivity index (χ1) is 29.0. The van der Waals surface area contributed by atoms with Gasteiger partial charge in [0.2, 0.25) is 0 Å². The minimum atomic E-state index is 0.384. The Morgan fingerprint density at radius 2 is 1.48 bits per heavy atom. The van der Waals surface area contributed by atoms with Crippen LogP contribution in [-0.4, -0.2) is 6.04 Å². The molecule has 0 bridgehead atoms. The molecule has 4 aromatic rings. The molecule has 4 aromatic carbocycles. The Morgan fingerprint density at radius 3 is 2.12 bits per heavy atom. The summed E-state index contributed by atoms with van der Waals surface area (Å²) in [5.74, 6) is 1.51. The standard InChI is InChI=1S/C35H38N2.C16H22.C4H11N.C2H6/c1-6-7-11-26(3)37-31-22-20-29(21-23-31)19-17-25(2)16-18-27(4)36-28(5)32-14-10-15-34-33-13-9-8-12-30(33)24-35(32)34;1-4-12(5-2)16-11-13-9-7-8-10-15(13)14(16)6-3;1-3-4(2)5;1-2/h8-10,12-23,36-37H,3,5-7,11,24H2,1-2,4H3;4,7-10,14,16H,5-6,11H2,1-3H3;4H,3,5H2,1-2H3;1-2H3/b19-17+,25-16+,27-18+;12-4-;;. The molecule has 3 nitrogen and oxygen atoms in total. The highest BCUT2D eigenvalue weighted by Gasteiger charge is 2.32. The zero-order valence-corrected chi connectivity index (χ0v) is 38.9. The Bertz CT molecular complexity index is 2070. The van der Waals surface area contributed by atoms with Crippen LogP contribution in [0, 0.1) is 5.92 Å². The molecule has 0 heterocycles. The molecule has 0 saturated heterocycles. The van der Waals surface area contributed by atoms with Crippen LogP contribution in [0.15, 0.2) is 151 Å². The lowest BCUT2D eigenvalue weighted by molar-refractivity contribution is 0.498. The summed E-state index contributed by atoms with van der Waals surface area (Å²) in [5, 5.41) is 6.90. The molecule has 320 valence electrons. The second kappa shape index (κ2) is 26.2. The zero-order valence-electron chi connectivity index (χ0n) is 38.9. The second-order valence-corrected chi connectivity index (χ2v) is 15.9. The topological polar surface area (TPSA) is 50.1 Å². The number of hydrogen-bond acceptors (Lipinski definition) is 3. The molecule has 0 saturated carbocycles.